The van der Waals surface area contributed by atoms with Gasteiger partial charge in [0.25, 0.3) is 0 Å². The molecule has 2 aromatic rings. The van der Waals surface area contributed by atoms with E-state index in [0.29, 0.717) is 13.0 Å². The standard InChI is InChI=1S/C13H17N3O/c1-2-4-12(17)14-8-6-10-9-16-13-11(10)5-3-7-15-13/h3,5,7,9H,2,4,6,8H2,1H3,(H,14,17)(H,15,16). The third-order valence-electron chi connectivity index (χ3n) is 2.73. The molecule has 2 heterocycles. The molecule has 1 amide bonds. The quantitative estimate of drug-likeness (QED) is 0.827. The van der Waals surface area contributed by atoms with Crippen molar-refractivity contribution >= 4 is 16.9 Å². The maximum Gasteiger partial charge on any atom is 0.219 e. The van der Waals surface area contributed by atoms with Gasteiger partial charge in [0.15, 0.2) is 0 Å². The van der Waals surface area contributed by atoms with E-state index in [4.69, 9.17) is 0 Å². The lowest BCUT2D eigenvalue weighted by Crippen LogP contribution is -2.25. The molecule has 90 valence electrons. The van der Waals surface area contributed by atoms with E-state index in [2.05, 4.69) is 15.3 Å². The highest BCUT2D eigenvalue weighted by Crippen LogP contribution is 2.15. The predicted octanol–water partition coefficient (Wildman–Crippen LogP) is 2.02. The van der Waals surface area contributed by atoms with E-state index in [0.717, 1.165) is 23.9 Å². The summed E-state index contributed by atoms with van der Waals surface area (Å²) in [6, 6.07) is 3.97. The summed E-state index contributed by atoms with van der Waals surface area (Å²) in [6.45, 7) is 2.69. The monoisotopic (exact) mass is 231 g/mol. The predicted molar refractivity (Wildman–Crippen MR) is 67.7 cm³/mol. The van der Waals surface area contributed by atoms with Gasteiger partial charge < -0.3 is 10.3 Å². The highest BCUT2D eigenvalue weighted by molar-refractivity contribution is 5.79. The summed E-state index contributed by atoms with van der Waals surface area (Å²) in [5, 5.41) is 4.05. The fraction of sp³-hybridized carbons (Fsp3) is 0.385. The largest absolute Gasteiger partial charge is 0.356 e. The second-order valence-corrected chi connectivity index (χ2v) is 4.06. The van der Waals surface area contributed by atoms with Gasteiger partial charge in [-0.25, -0.2) is 4.98 Å². The Morgan fingerprint density at radius 3 is 3.24 bits per heavy atom. The van der Waals surface area contributed by atoms with Gasteiger partial charge in [0.2, 0.25) is 5.91 Å². The summed E-state index contributed by atoms with van der Waals surface area (Å²) in [6.07, 6.45) is 6.06. The highest BCUT2D eigenvalue weighted by atomic mass is 16.1. The molecule has 0 unspecified atom stereocenters. The van der Waals surface area contributed by atoms with E-state index in [1.807, 2.05) is 25.3 Å². The number of nitrogens with one attached hydrogen (secondary N) is 2. The molecule has 0 spiro atoms. The van der Waals surface area contributed by atoms with Crippen molar-refractivity contribution in [3.05, 3.63) is 30.1 Å². The Bertz CT molecular complexity index is 504. The van der Waals surface area contributed by atoms with Crippen LogP contribution in [0.15, 0.2) is 24.5 Å². The average Bonchev–Trinajstić information content (AvgIpc) is 2.73. The van der Waals surface area contributed by atoms with Crippen LogP contribution in [0.3, 0.4) is 0 Å². The number of nitrogens with zero attached hydrogens (tertiary/aromatic N) is 1. The number of carbonyl (C=O) groups excluding carboxylic acids is 1. The summed E-state index contributed by atoms with van der Waals surface area (Å²) in [4.78, 5) is 18.7. The first-order valence-corrected chi connectivity index (χ1v) is 5.99. The van der Waals surface area contributed by atoms with Gasteiger partial charge in [0.1, 0.15) is 5.65 Å². The lowest BCUT2D eigenvalue weighted by molar-refractivity contribution is -0.121. The van der Waals surface area contributed by atoms with E-state index in [-0.39, 0.29) is 5.91 Å². The lowest BCUT2D eigenvalue weighted by Gasteiger charge is -2.03. The number of rotatable bonds is 5. The van der Waals surface area contributed by atoms with Gasteiger partial charge >= 0.3 is 0 Å². The molecular weight excluding hydrogens is 214 g/mol. The summed E-state index contributed by atoms with van der Waals surface area (Å²) in [5.41, 5.74) is 2.10. The number of aromatic nitrogens is 2. The normalized spacial score (nSPS) is 10.6. The third-order valence-corrected chi connectivity index (χ3v) is 2.73. The second-order valence-electron chi connectivity index (χ2n) is 4.06. The minimum absolute atomic E-state index is 0.130. The van der Waals surface area contributed by atoms with Crippen molar-refractivity contribution in [1.82, 2.24) is 15.3 Å². The molecule has 0 aromatic carbocycles. The Labute approximate surface area is 100 Å². The van der Waals surface area contributed by atoms with E-state index >= 15 is 0 Å². The molecule has 2 aromatic heterocycles. The van der Waals surface area contributed by atoms with Crippen LogP contribution in [-0.2, 0) is 11.2 Å². The van der Waals surface area contributed by atoms with Crippen molar-refractivity contribution in [3.8, 4) is 0 Å². The van der Waals surface area contributed by atoms with Crippen molar-refractivity contribution < 1.29 is 4.79 Å². The summed E-state index contributed by atoms with van der Waals surface area (Å²) < 4.78 is 0. The Balaban J connectivity index is 1.93. The van der Waals surface area contributed by atoms with Crippen molar-refractivity contribution in [2.45, 2.75) is 26.2 Å². The molecule has 0 saturated heterocycles. The van der Waals surface area contributed by atoms with E-state index in [9.17, 15) is 4.79 Å². The smallest absolute Gasteiger partial charge is 0.219 e. The number of aromatic amines is 1. The fourth-order valence-electron chi connectivity index (χ4n) is 1.87. The number of amides is 1. The molecule has 0 aliphatic heterocycles. The zero-order valence-electron chi connectivity index (χ0n) is 9.99. The van der Waals surface area contributed by atoms with E-state index < -0.39 is 0 Å². The van der Waals surface area contributed by atoms with Crippen LogP contribution in [0.1, 0.15) is 25.3 Å². The summed E-state index contributed by atoms with van der Waals surface area (Å²) in [5.74, 6) is 0.130. The Kier molecular flexibility index (Phi) is 3.75. The zero-order chi connectivity index (χ0) is 12.1. The molecule has 0 fully saturated rings. The topological polar surface area (TPSA) is 57.8 Å². The summed E-state index contributed by atoms with van der Waals surface area (Å²) >= 11 is 0. The maximum atomic E-state index is 11.3. The lowest BCUT2D eigenvalue weighted by atomic mass is 10.1. The number of fused-ring (bicyclic) bond motifs is 1. The SMILES string of the molecule is CCCC(=O)NCCc1c[nH]c2ncccc12. The number of H-pyrrole nitrogens is 1. The highest BCUT2D eigenvalue weighted by Gasteiger charge is 2.04. The first-order valence-electron chi connectivity index (χ1n) is 5.99. The molecule has 2 N–H and O–H groups in total. The molecule has 0 aliphatic rings. The van der Waals surface area contributed by atoms with Gasteiger partial charge in [-0.3, -0.25) is 4.79 Å². The van der Waals surface area contributed by atoms with E-state index in [1.54, 1.807) is 6.20 Å². The van der Waals surface area contributed by atoms with Gasteiger partial charge in [-0.1, -0.05) is 6.92 Å². The summed E-state index contributed by atoms with van der Waals surface area (Å²) in [7, 11) is 0. The van der Waals surface area contributed by atoms with Crippen molar-refractivity contribution in [2.24, 2.45) is 0 Å². The van der Waals surface area contributed by atoms with Crippen LogP contribution in [0.2, 0.25) is 0 Å². The molecule has 17 heavy (non-hydrogen) atoms. The molecule has 0 radical (unpaired) electrons. The van der Waals surface area contributed by atoms with Gasteiger partial charge in [-0.05, 0) is 30.5 Å². The number of carbonyl (C=O) groups is 1. The van der Waals surface area contributed by atoms with Gasteiger partial charge in [-0.15, -0.1) is 0 Å². The van der Waals surface area contributed by atoms with Crippen LogP contribution < -0.4 is 5.32 Å². The number of pyridine rings is 1. The molecular formula is C13H17N3O. The van der Waals surface area contributed by atoms with Crippen LogP contribution in [0, 0.1) is 0 Å². The minimum atomic E-state index is 0.130. The Morgan fingerprint density at radius 2 is 2.41 bits per heavy atom. The average molecular weight is 231 g/mol. The minimum Gasteiger partial charge on any atom is -0.356 e. The van der Waals surface area contributed by atoms with E-state index in [1.165, 1.54) is 5.56 Å². The fourth-order valence-corrected chi connectivity index (χ4v) is 1.87. The van der Waals surface area contributed by atoms with Crippen molar-refractivity contribution in [2.75, 3.05) is 6.54 Å². The van der Waals surface area contributed by atoms with Gasteiger partial charge in [-0.2, -0.15) is 0 Å². The van der Waals surface area contributed by atoms with Crippen LogP contribution in [-0.4, -0.2) is 22.4 Å². The molecule has 4 heteroatoms. The van der Waals surface area contributed by atoms with Crippen LogP contribution in [0.5, 0.6) is 0 Å². The second kappa shape index (κ2) is 5.48. The first-order chi connectivity index (χ1) is 8.31. The van der Waals surface area contributed by atoms with Gasteiger partial charge in [0, 0.05) is 30.7 Å². The molecule has 0 atom stereocenters. The van der Waals surface area contributed by atoms with Gasteiger partial charge in [0.05, 0.1) is 0 Å². The van der Waals surface area contributed by atoms with Crippen LogP contribution in [0.4, 0.5) is 0 Å². The molecule has 4 nitrogen and oxygen atoms in total. The molecule has 0 bridgehead atoms. The third kappa shape index (κ3) is 2.84. The van der Waals surface area contributed by atoms with Crippen LogP contribution >= 0.6 is 0 Å². The number of hydrogen-bond acceptors (Lipinski definition) is 2. The molecule has 0 saturated carbocycles. The molecule has 2 rings (SSSR count). The molecule has 0 aliphatic carbocycles. The maximum absolute atomic E-state index is 11.3. The van der Waals surface area contributed by atoms with Crippen molar-refractivity contribution in [1.29, 1.82) is 0 Å². The Hall–Kier alpha value is -1.84. The zero-order valence-corrected chi connectivity index (χ0v) is 9.99. The number of hydrogen-bond donors (Lipinski definition) is 2. The van der Waals surface area contributed by atoms with Crippen LogP contribution in [0.25, 0.3) is 11.0 Å². The first kappa shape index (κ1) is 11.6. The Morgan fingerprint density at radius 1 is 1.53 bits per heavy atom. The van der Waals surface area contributed by atoms with Crippen molar-refractivity contribution in [3.63, 3.8) is 0 Å².